The molecule has 0 aliphatic rings. The van der Waals surface area contributed by atoms with Crippen molar-refractivity contribution in [2.75, 3.05) is 6.26 Å². The first kappa shape index (κ1) is 22.5. The third-order valence-electron chi connectivity index (χ3n) is 5.53. The number of benzene rings is 4. The molecule has 4 rings (SSSR count). The zero-order valence-corrected chi connectivity index (χ0v) is 20.1. The van der Waals surface area contributed by atoms with Gasteiger partial charge in [-0.15, -0.1) is 0 Å². The Morgan fingerprint density at radius 1 is 0.656 bits per heavy atom. The van der Waals surface area contributed by atoms with Gasteiger partial charge in [-0.3, -0.25) is 0 Å². The van der Waals surface area contributed by atoms with Crippen LogP contribution in [-0.4, -0.2) is 14.7 Å². The third kappa shape index (κ3) is 4.31. The molecule has 0 spiro atoms. The van der Waals surface area contributed by atoms with Gasteiger partial charge in [0.15, 0.2) is 0 Å². The quantitative estimate of drug-likeness (QED) is 0.268. The van der Waals surface area contributed by atoms with Crippen LogP contribution in [0.3, 0.4) is 0 Å². The second kappa shape index (κ2) is 8.71. The van der Waals surface area contributed by atoms with Crippen molar-refractivity contribution in [3.63, 3.8) is 0 Å². The minimum atomic E-state index is -3.58. The summed E-state index contributed by atoms with van der Waals surface area (Å²) in [6, 6.07) is 37.9. The van der Waals surface area contributed by atoms with Gasteiger partial charge in [0.25, 0.3) is 0 Å². The zero-order chi connectivity index (χ0) is 22.7. The van der Waals surface area contributed by atoms with Crippen LogP contribution in [0.15, 0.2) is 115 Å². The van der Waals surface area contributed by atoms with Gasteiger partial charge in [0.05, 0.1) is 0 Å². The maximum atomic E-state index is 11.5. The monoisotopic (exact) mass is 482 g/mol. The van der Waals surface area contributed by atoms with Crippen molar-refractivity contribution in [2.45, 2.75) is 6.16 Å². The van der Waals surface area contributed by atoms with E-state index in [0.29, 0.717) is 6.16 Å². The van der Waals surface area contributed by atoms with Crippen LogP contribution >= 0.6 is 17.2 Å². The average Bonchev–Trinajstić information content (AvgIpc) is 2.81. The molecule has 0 aliphatic carbocycles. The third-order valence-corrected chi connectivity index (χ3v) is 13.2. The molecule has 3 nitrogen and oxygen atoms in total. The van der Waals surface area contributed by atoms with Gasteiger partial charge in [0.1, 0.15) is 0 Å². The Morgan fingerprint density at radius 2 is 1.03 bits per heavy atom. The molecule has 0 aromatic heterocycles. The van der Waals surface area contributed by atoms with Gasteiger partial charge in [-0.05, 0) is 0 Å². The van der Waals surface area contributed by atoms with Gasteiger partial charge in [-0.1, -0.05) is 0 Å². The van der Waals surface area contributed by atoms with Crippen LogP contribution in [-0.2, 0) is 16.3 Å². The molecule has 32 heavy (non-hydrogen) atoms. The first-order valence-electron chi connectivity index (χ1n) is 10.2. The van der Waals surface area contributed by atoms with Gasteiger partial charge in [-0.2, -0.15) is 0 Å². The summed E-state index contributed by atoms with van der Waals surface area (Å²) in [5.74, 6) is -3.15. The molecule has 0 fully saturated rings. The summed E-state index contributed by atoms with van der Waals surface area (Å²) in [5.41, 5.74) is 0.995. The van der Waals surface area contributed by atoms with Crippen molar-refractivity contribution in [3.8, 4) is 5.75 Å². The fourth-order valence-corrected chi connectivity index (χ4v) is 10.7. The molecule has 164 valence electrons. The van der Waals surface area contributed by atoms with Crippen LogP contribution in [0.1, 0.15) is 5.56 Å². The molecule has 6 heteroatoms. The molecule has 0 saturated heterocycles. The molecule has 0 radical (unpaired) electrons. The topological polar surface area (TPSA) is 43.4 Å². The minimum absolute atomic E-state index is 0.283. The number of hydrogen-bond acceptors (Lipinski definition) is 3. The Kier molecular flexibility index (Phi) is 6.13. The Bertz CT molecular complexity index is 1190. The Morgan fingerprint density at radius 3 is 1.38 bits per heavy atom. The standard InChI is InChI=1S/C26H24ClO3PS/c1-32(28,29)30-23-19-17-22(18-20-23)21-31(27,24-11-5-2-6-12-24,25-13-7-3-8-14-25)26-15-9-4-10-16-26/h2-20H,21H2,1H3. The maximum absolute atomic E-state index is 11.5. The van der Waals surface area contributed by atoms with E-state index < -0.39 is 16.1 Å². The van der Waals surface area contributed by atoms with Crippen molar-refractivity contribution >= 4 is 43.2 Å². The van der Waals surface area contributed by atoms with E-state index in [-0.39, 0.29) is 5.75 Å². The molecule has 0 bridgehead atoms. The molecule has 0 aliphatic heterocycles. The van der Waals surface area contributed by atoms with Crippen LogP contribution in [0, 0.1) is 0 Å². The van der Waals surface area contributed by atoms with E-state index in [0.717, 1.165) is 27.7 Å². The summed E-state index contributed by atoms with van der Waals surface area (Å²) in [6.45, 7) is 0. The van der Waals surface area contributed by atoms with Crippen molar-refractivity contribution < 1.29 is 12.6 Å². The van der Waals surface area contributed by atoms with E-state index in [1.165, 1.54) is 0 Å². The van der Waals surface area contributed by atoms with Gasteiger partial charge >= 0.3 is 195 Å². The van der Waals surface area contributed by atoms with E-state index in [9.17, 15) is 8.42 Å². The summed E-state index contributed by atoms with van der Waals surface area (Å²) in [4.78, 5) is 0. The summed E-state index contributed by atoms with van der Waals surface area (Å²) >= 11 is 8.06. The van der Waals surface area contributed by atoms with Gasteiger partial charge in [0, 0.05) is 0 Å². The second-order valence-corrected chi connectivity index (χ2v) is 15.8. The van der Waals surface area contributed by atoms with Crippen LogP contribution in [0.2, 0.25) is 0 Å². The first-order chi connectivity index (χ1) is 15.3. The van der Waals surface area contributed by atoms with Crippen LogP contribution in [0.25, 0.3) is 0 Å². The fourth-order valence-electron chi connectivity index (χ4n) is 4.11. The second-order valence-electron chi connectivity index (χ2n) is 7.78. The average molecular weight is 483 g/mol. The van der Waals surface area contributed by atoms with Gasteiger partial charge < -0.3 is 0 Å². The predicted molar refractivity (Wildman–Crippen MR) is 137 cm³/mol. The molecular weight excluding hydrogens is 459 g/mol. The van der Waals surface area contributed by atoms with E-state index in [1.807, 2.05) is 66.7 Å². The molecule has 4 aromatic rings. The summed E-state index contributed by atoms with van der Waals surface area (Å²) in [5, 5.41) is 3.23. The summed E-state index contributed by atoms with van der Waals surface area (Å²) in [7, 11) is -3.58. The molecule has 0 heterocycles. The molecule has 0 amide bonds. The predicted octanol–water partition coefficient (Wildman–Crippen LogP) is 5.21. The van der Waals surface area contributed by atoms with E-state index in [1.54, 1.807) is 12.1 Å². The van der Waals surface area contributed by atoms with Gasteiger partial charge in [0.2, 0.25) is 0 Å². The van der Waals surface area contributed by atoms with E-state index in [2.05, 4.69) is 36.4 Å². The molecule has 0 atom stereocenters. The summed E-state index contributed by atoms with van der Waals surface area (Å²) in [6.07, 6.45) is 1.61. The first-order valence-corrected chi connectivity index (χ1v) is 15.3. The molecule has 0 unspecified atom stereocenters. The van der Waals surface area contributed by atoms with Crippen LogP contribution < -0.4 is 20.1 Å². The van der Waals surface area contributed by atoms with Crippen LogP contribution in [0.5, 0.6) is 5.75 Å². The number of halogens is 1. The molecular formula is C26H24ClO3PS. The summed E-state index contributed by atoms with van der Waals surface area (Å²) < 4.78 is 28.0. The molecule has 0 saturated carbocycles. The Balaban J connectivity index is 1.94. The van der Waals surface area contributed by atoms with Gasteiger partial charge in [-0.25, -0.2) is 0 Å². The van der Waals surface area contributed by atoms with Crippen molar-refractivity contribution in [1.29, 1.82) is 0 Å². The number of hydrogen-bond donors (Lipinski definition) is 0. The SMILES string of the molecule is CS(=O)(=O)Oc1ccc(CP(Cl)(c2ccccc2)(c2ccccc2)c2ccccc2)cc1. The van der Waals surface area contributed by atoms with Crippen molar-refractivity contribution in [3.05, 3.63) is 121 Å². The molecule has 4 aromatic carbocycles. The van der Waals surface area contributed by atoms with E-state index >= 15 is 0 Å². The fraction of sp³-hybridized carbons (Fsp3) is 0.0769. The van der Waals surface area contributed by atoms with Crippen molar-refractivity contribution in [2.24, 2.45) is 0 Å². The number of rotatable bonds is 7. The Labute approximate surface area is 194 Å². The van der Waals surface area contributed by atoms with E-state index in [4.69, 9.17) is 15.4 Å². The zero-order valence-electron chi connectivity index (χ0n) is 17.6. The Hall–Kier alpha value is -2.65. The van der Waals surface area contributed by atoms with Crippen LogP contribution in [0.4, 0.5) is 0 Å². The van der Waals surface area contributed by atoms with Crippen molar-refractivity contribution in [1.82, 2.24) is 0 Å². The normalized spacial score (nSPS) is 13.1. The molecule has 0 N–H and O–H groups in total.